The maximum Gasteiger partial charge on any atom is 0.0932 e. The van der Waals surface area contributed by atoms with Gasteiger partial charge in [-0.05, 0) is 38.2 Å². The quantitative estimate of drug-likeness (QED) is 0.769. The van der Waals surface area contributed by atoms with Crippen molar-refractivity contribution >= 4 is 5.69 Å². The number of nitrogens with zero attached hydrogens (tertiary/aromatic N) is 1. The fourth-order valence-electron chi connectivity index (χ4n) is 2.34. The molecular weight excluding hydrogens is 212 g/mol. The molecule has 3 heteroatoms. The molecule has 17 heavy (non-hydrogen) atoms. The van der Waals surface area contributed by atoms with Crippen LogP contribution in [0.25, 0.3) is 0 Å². The third kappa shape index (κ3) is 3.20. The first-order valence-corrected chi connectivity index (χ1v) is 6.13. The van der Waals surface area contributed by atoms with E-state index >= 15 is 0 Å². The third-order valence-corrected chi connectivity index (χ3v) is 3.38. The van der Waals surface area contributed by atoms with Gasteiger partial charge in [-0.25, -0.2) is 0 Å². The van der Waals surface area contributed by atoms with Crippen LogP contribution in [-0.4, -0.2) is 30.6 Å². The minimum absolute atomic E-state index is 0.157. The fraction of sp³-hybridized carbons (Fsp3) is 0.571. The van der Waals surface area contributed by atoms with E-state index < -0.39 is 5.60 Å². The SMILES string of the molecule is CC[C@](O)(c1cccc(N)c1)[C@H](C)CN(C)C. The summed E-state index contributed by atoms with van der Waals surface area (Å²) in [5.41, 5.74) is 6.60. The van der Waals surface area contributed by atoms with Crippen LogP contribution in [0.15, 0.2) is 24.3 Å². The Morgan fingerprint density at radius 2 is 2.06 bits per heavy atom. The minimum Gasteiger partial charge on any atom is -0.399 e. The van der Waals surface area contributed by atoms with Gasteiger partial charge in [0.1, 0.15) is 0 Å². The average Bonchev–Trinajstić information content (AvgIpc) is 2.27. The average molecular weight is 236 g/mol. The first kappa shape index (κ1) is 14.0. The molecule has 0 amide bonds. The van der Waals surface area contributed by atoms with Crippen LogP contribution in [0.4, 0.5) is 5.69 Å². The number of nitrogen functional groups attached to an aromatic ring is 1. The molecule has 0 aliphatic rings. The Balaban J connectivity index is 3.02. The highest BCUT2D eigenvalue weighted by Crippen LogP contribution is 2.34. The number of rotatable bonds is 5. The summed E-state index contributed by atoms with van der Waals surface area (Å²) in [5, 5.41) is 10.9. The van der Waals surface area contributed by atoms with E-state index in [1.54, 1.807) is 0 Å². The van der Waals surface area contributed by atoms with Crippen molar-refractivity contribution in [1.29, 1.82) is 0 Å². The highest BCUT2D eigenvalue weighted by molar-refractivity contribution is 5.42. The normalized spacial score (nSPS) is 16.8. The summed E-state index contributed by atoms with van der Waals surface area (Å²) in [6.45, 7) is 4.93. The topological polar surface area (TPSA) is 49.5 Å². The van der Waals surface area contributed by atoms with Crippen molar-refractivity contribution in [3.63, 3.8) is 0 Å². The molecule has 1 aromatic rings. The van der Waals surface area contributed by atoms with Gasteiger partial charge in [-0.1, -0.05) is 26.0 Å². The molecule has 0 saturated heterocycles. The zero-order chi connectivity index (χ0) is 13.1. The second kappa shape index (κ2) is 5.52. The van der Waals surface area contributed by atoms with Crippen LogP contribution in [0.2, 0.25) is 0 Å². The van der Waals surface area contributed by atoms with Gasteiger partial charge in [-0.2, -0.15) is 0 Å². The largest absolute Gasteiger partial charge is 0.399 e. The Morgan fingerprint density at radius 3 is 2.53 bits per heavy atom. The van der Waals surface area contributed by atoms with E-state index in [0.717, 1.165) is 12.1 Å². The number of hydrogen-bond donors (Lipinski definition) is 2. The molecule has 0 heterocycles. The summed E-state index contributed by atoms with van der Waals surface area (Å²) in [6, 6.07) is 7.56. The molecule has 3 nitrogen and oxygen atoms in total. The monoisotopic (exact) mass is 236 g/mol. The van der Waals surface area contributed by atoms with E-state index in [1.807, 2.05) is 45.3 Å². The molecule has 0 saturated carbocycles. The van der Waals surface area contributed by atoms with E-state index in [1.165, 1.54) is 0 Å². The van der Waals surface area contributed by atoms with Crippen molar-refractivity contribution in [2.24, 2.45) is 5.92 Å². The molecule has 0 fully saturated rings. The van der Waals surface area contributed by atoms with Crippen molar-refractivity contribution in [3.05, 3.63) is 29.8 Å². The molecule has 96 valence electrons. The summed E-state index contributed by atoms with van der Waals surface area (Å²) in [5.74, 6) is 0.157. The van der Waals surface area contributed by atoms with Gasteiger partial charge in [0.15, 0.2) is 0 Å². The molecule has 0 radical (unpaired) electrons. The van der Waals surface area contributed by atoms with Crippen LogP contribution >= 0.6 is 0 Å². The third-order valence-electron chi connectivity index (χ3n) is 3.38. The standard InChI is InChI=1S/C14H24N2O/c1-5-14(17,11(2)10-16(3)4)12-7-6-8-13(15)9-12/h6-9,11,17H,5,10,15H2,1-4H3/t11-,14-/m1/s1. The zero-order valence-electron chi connectivity index (χ0n) is 11.3. The molecule has 0 aliphatic heterocycles. The van der Waals surface area contributed by atoms with Gasteiger partial charge in [0.2, 0.25) is 0 Å². The Kier molecular flexibility index (Phi) is 4.54. The second-order valence-corrected chi connectivity index (χ2v) is 5.07. The van der Waals surface area contributed by atoms with Crippen LogP contribution in [0.5, 0.6) is 0 Å². The Morgan fingerprint density at radius 1 is 1.41 bits per heavy atom. The van der Waals surface area contributed by atoms with Crippen molar-refractivity contribution in [2.75, 3.05) is 26.4 Å². The van der Waals surface area contributed by atoms with E-state index in [0.29, 0.717) is 12.1 Å². The second-order valence-electron chi connectivity index (χ2n) is 5.07. The van der Waals surface area contributed by atoms with Crippen molar-refractivity contribution in [2.45, 2.75) is 25.9 Å². The minimum atomic E-state index is -0.806. The molecule has 0 spiro atoms. The maximum atomic E-state index is 10.9. The van der Waals surface area contributed by atoms with Gasteiger partial charge in [-0.15, -0.1) is 0 Å². The number of hydrogen-bond acceptors (Lipinski definition) is 3. The van der Waals surface area contributed by atoms with Crippen LogP contribution in [0.3, 0.4) is 0 Å². The fourth-order valence-corrected chi connectivity index (χ4v) is 2.34. The van der Waals surface area contributed by atoms with E-state index in [4.69, 9.17) is 5.73 Å². The van der Waals surface area contributed by atoms with Crippen molar-refractivity contribution in [1.82, 2.24) is 4.90 Å². The lowest BCUT2D eigenvalue weighted by Gasteiger charge is -2.35. The Labute approximate surface area is 104 Å². The van der Waals surface area contributed by atoms with Gasteiger partial charge >= 0.3 is 0 Å². The summed E-state index contributed by atoms with van der Waals surface area (Å²) < 4.78 is 0. The highest BCUT2D eigenvalue weighted by atomic mass is 16.3. The zero-order valence-corrected chi connectivity index (χ0v) is 11.3. The number of benzene rings is 1. The molecule has 2 atom stereocenters. The van der Waals surface area contributed by atoms with Crippen molar-refractivity contribution < 1.29 is 5.11 Å². The summed E-state index contributed by atoms with van der Waals surface area (Å²) in [4.78, 5) is 2.09. The first-order valence-electron chi connectivity index (χ1n) is 6.13. The van der Waals surface area contributed by atoms with Gasteiger partial charge in [0.05, 0.1) is 5.60 Å². The number of nitrogens with two attached hydrogens (primary N) is 1. The smallest absolute Gasteiger partial charge is 0.0932 e. The van der Waals surface area contributed by atoms with Crippen LogP contribution < -0.4 is 5.73 Å². The van der Waals surface area contributed by atoms with Gasteiger partial charge < -0.3 is 15.7 Å². The molecule has 0 unspecified atom stereocenters. The molecule has 1 aromatic carbocycles. The van der Waals surface area contributed by atoms with Gasteiger partial charge in [0.25, 0.3) is 0 Å². The summed E-state index contributed by atoms with van der Waals surface area (Å²) in [7, 11) is 4.04. The van der Waals surface area contributed by atoms with Crippen molar-refractivity contribution in [3.8, 4) is 0 Å². The Bertz CT molecular complexity index is 365. The van der Waals surface area contributed by atoms with Gasteiger partial charge in [0, 0.05) is 18.2 Å². The molecule has 1 rings (SSSR count). The van der Waals surface area contributed by atoms with E-state index in [-0.39, 0.29) is 5.92 Å². The number of anilines is 1. The molecule has 0 aliphatic carbocycles. The summed E-state index contributed by atoms with van der Waals surface area (Å²) in [6.07, 6.45) is 0.686. The first-order chi connectivity index (χ1) is 7.90. The number of aliphatic hydroxyl groups is 1. The van der Waals surface area contributed by atoms with Crippen LogP contribution in [0, 0.1) is 5.92 Å². The lowest BCUT2D eigenvalue weighted by molar-refractivity contribution is -0.0291. The Hall–Kier alpha value is -1.06. The van der Waals surface area contributed by atoms with Crippen LogP contribution in [0.1, 0.15) is 25.8 Å². The lowest BCUT2D eigenvalue weighted by Crippen LogP contribution is -2.38. The summed E-state index contributed by atoms with van der Waals surface area (Å²) >= 11 is 0. The molecular formula is C14H24N2O. The van der Waals surface area contributed by atoms with Gasteiger partial charge in [-0.3, -0.25) is 0 Å². The van der Waals surface area contributed by atoms with E-state index in [9.17, 15) is 5.11 Å². The maximum absolute atomic E-state index is 10.9. The molecule has 3 N–H and O–H groups in total. The highest BCUT2D eigenvalue weighted by Gasteiger charge is 2.34. The predicted molar refractivity (Wildman–Crippen MR) is 72.8 cm³/mol. The van der Waals surface area contributed by atoms with E-state index in [2.05, 4.69) is 11.8 Å². The lowest BCUT2D eigenvalue weighted by atomic mass is 9.80. The molecule has 0 aromatic heterocycles. The van der Waals surface area contributed by atoms with Crippen LogP contribution in [-0.2, 0) is 5.60 Å². The predicted octanol–water partition coefficient (Wildman–Crippen LogP) is 2.06. The molecule has 0 bridgehead atoms.